The Balaban J connectivity index is 1.92. The Kier molecular flexibility index (Phi) is 5.00. The van der Waals surface area contributed by atoms with Crippen LogP contribution in [0.3, 0.4) is 0 Å². The van der Waals surface area contributed by atoms with Crippen LogP contribution in [0.4, 0.5) is 5.82 Å². The molecule has 2 rings (SSSR count). The molecule has 1 fully saturated rings. The molecule has 0 aliphatic carbocycles. The van der Waals surface area contributed by atoms with Crippen LogP contribution in [0.5, 0.6) is 0 Å². The van der Waals surface area contributed by atoms with E-state index < -0.39 is 0 Å². The van der Waals surface area contributed by atoms with Gasteiger partial charge in [-0.15, -0.1) is 0 Å². The predicted molar refractivity (Wildman–Crippen MR) is 76.7 cm³/mol. The molecule has 1 aliphatic rings. The lowest BCUT2D eigenvalue weighted by molar-refractivity contribution is 0.272. The summed E-state index contributed by atoms with van der Waals surface area (Å²) in [5.74, 6) is 1.91. The summed E-state index contributed by atoms with van der Waals surface area (Å²) in [6.45, 7) is 5.87. The van der Waals surface area contributed by atoms with E-state index in [0.717, 1.165) is 18.3 Å². The van der Waals surface area contributed by atoms with Gasteiger partial charge in [0.15, 0.2) is 0 Å². The molecule has 3 heteroatoms. The molecule has 18 heavy (non-hydrogen) atoms. The fourth-order valence-electron chi connectivity index (χ4n) is 2.76. The number of hydrogen-bond donors (Lipinski definition) is 1. The Bertz CT molecular complexity index is 365. The standard InChI is InChI=1S/C15H25N3/c1-3-13-5-4-9-18(10-7-13)12-14-6-8-17-15(11-14)16-2/h6,8,11,13H,3-5,7,9-10,12H2,1-2H3,(H,16,17). The molecule has 2 heterocycles. The third-order valence-corrected chi connectivity index (χ3v) is 4.00. The van der Waals surface area contributed by atoms with E-state index in [1.165, 1.54) is 44.3 Å². The zero-order chi connectivity index (χ0) is 12.8. The minimum atomic E-state index is 0.945. The van der Waals surface area contributed by atoms with Crippen LogP contribution in [-0.2, 0) is 6.54 Å². The minimum absolute atomic E-state index is 0.945. The van der Waals surface area contributed by atoms with E-state index in [1.54, 1.807) is 0 Å². The van der Waals surface area contributed by atoms with E-state index in [4.69, 9.17) is 0 Å². The lowest BCUT2D eigenvalue weighted by Gasteiger charge is -2.20. The lowest BCUT2D eigenvalue weighted by atomic mass is 9.98. The van der Waals surface area contributed by atoms with Gasteiger partial charge in [-0.25, -0.2) is 4.98 Å². The number of hydrogen-bond acceptors (Lipinski definition) is 3. The van der Waals surface area contributed by atoms with Crippen molar-refractivity contribution in [1.82, 2.24) is 9.88 Å². The zero-order valence-corrected chi connectivity index (χ0v) is 11.7. The van der Waals surface area contributed by atoms with Crippen LogP contribution in [0, 0.1) is 5.92 Å². The maximum atomic E-state index is 4.27. The highest BCUT2D eigenvalue weighted by Gasteiger charge is 2.15. The van der Waals surface area contributed by atoms with Crippen LogP contribution in [0.2, 0.25) is 0 Å². The summed E-state index contributed by atoms with van der Waals surface area (Å²) in [5, 5.41) is 3.10. The molecule has 1 saturated heterocycles. The monoisotopic (exact) mass is 247 g/mol. The van der Waals surface area contributed by atoms with Crippen LogP contribution in [0.1, 0.15) is 38.2 Å². The van der Waals surface area contributed by atoms with Crippen molar-refractivity contribution in [1.29, 1.82) is 0 Å². The molecule has 1 aromatic heterocycles. The van der Waals surface area contributed by atoms with E-state index in [-0.39, 0.29) is 0 Å². The normalized spacial score (nSPS) is 21.6. The molecule has 1 aromatic rings. The molecule has 1 N–H and O–H groups in total. The van der Waals surface area contributed by atoms with Crippen molar-refractivity contribution in [3.05, 3.63) is 23.9 Å². The largest absolute Gasteiger partial charge is 0.373 e. The fourth-order valence-corrected chi connectivity index (χ4v) is 2.76. The summed E-state index contributed by atoms with van der Waals surface area (Å²) in [6.07, 6.45) is 7.36. The number of nitrogens with one attached hydrogen (secondary N) is 1. The highest BCUT2D eigenvalue weighted by Crippen LogP contribution is 2.21. The molecular weight excluding hydrogens is 222 g/mol. The average molecular weight is 247 g/mol. The van der Waals surface area contributed by atoms with Crippen molar-refractivity contribution in [2.75, 3.05) is 25.5 Å². The molecule has 0 saturated carbocycles. The highest BCUT2D eigenvalue weighted by molar-refractivity contribution is 5.36. The van der Waals surface area contributed by atoms with Gasteiger partial charge in [0, 0.05) is 19.8 Å². The summed E-state index contributed by atoms with van der Waals surface area (Å²) in [5.41, 5.74) is 1.37. The van der Waals surface area contributed by atoms with Gasteiger partial charge in [-0.05, 0) is 56.0 Å². The number of pyridine rings is 1. The van der Waals surface area contributed by atoms with Crippen molar-refractivity contribution in [2.45, 2.75) is 39.2 Å². The Morgan fingerprint density at radius 3 is 3.06 bits per heavy atom. The van der Waals surface area contributed by atoms with Gasteiger partial charge in [0.1, 0.15) is 5.82 Å². The van der Waals surface area contributed by atoms with Crippen molar-refractivity contribution in [3.8, 4) is 0 Å². The molecule has 0 aromatic carbocycles. The Morgan fingerprint density at radius 2 is 2.28 bits per heavy atom. The number of anilines is 1. The topological polar surface area (TPSA) is 28.2 Å². The van der Waals surface area contributed by atoms with E-state index in [2.05, 4.69) is 34.3 Å². The van der Waals surface area contributed by atoms with Gasteiger partial charge in [0.25, 0.3) is 0 Å². The molecule has 1 atom stereocenters. The molecule has 1 aliphatic heterocycles. The van der Waals surface area contributed by atoms with Gasteiger partial charge in [-0.3, -0.25) is 4.90 Å². The minimum Gasteiger partial charge on any atom is -0.373 e. The first-order chi connectivity index (χ1) is 8.81. The Labute approximate surface area is 111 Å². The molecule has 1 unspecified atom stereocenters. The number of rotatable bonds is 4. The maximum Gasteiger partial charge on any atom is 0.125 e. The van der Waals surface area contributed by atoms with Gasteiger partial charge in [0.05, 0.1) is 0 Å². The summed E-state index contributed by atoms with van der Waals surface area (Å²) in [6, 6.07) is 4.28. The van der Waals surface area contributed by atoms with Crippen LogP contribution in [0.25, 0.3) is 0 Å². The van der Waals surface area contributed by atoms with E-state index in [9.17, 15) is 0 Å². The van der Waals surface area contributed by atoms with Gasteiger partial charge in [-0.1, -0.05) is 13.3 Å². The predicted octanol–water partition coefficient (Wildman–Crippen LogP) is 3.14. The quantitative estimate of drug-likeness (QED) is 0.886. The molecule has 0 radical (unpaired) electrons. The van der Waals surface area contributed by atoms with Crippen LogP contribution < -0.4 is 5.32 Å². The summed E-state index contributed by atoms with van der Waals surface area (Å²) in [4.78, 5) is 6.85. The highest BCUT2D eigenvalue weighted by atomic mass is 15.1. The van der Waals surface area contributed by atoms with E-state index >= 15 is 0 Å². The van der Waals surface area contributed by atoms with Gasteiger partial charge in [0.2, 0.25) is 0 Å². The van der Waals surface area contributed by atoms with Crippen molar-refractivity contribution >= 4 is 5.82 Å². The Morgan fingerprint density at radius 1 is 1.39 bits per heavy atom. The maximum absolute atomic E-state index is 4.27. The number of nitrogens with zero attached hydrogens (tertiary/aromatic N) is 2. The van der Waals surface area contributed by atoms with Gasteiger partial charge < -0.3 is 5.32 Å². The Hall–Kier alpha value is -1.09. The second-order valence-corrected chi connectivity index (χ2v) is 5.28. The van der Waals surface area contributed by atoms with E-state index in [1.807, 2.05) is 13.2 Å². The first-order valence-corrected chi connectivity index (χ1v) is 7.17. The molecule has 0 bridgehead atoms. The third-order valence-electron chi connectivity index (χ3n) is 4.00. The fraction of sp³-hybridized carbons (Fsp3) is 0.667. The number of likely N-dealkylation sites (tertiary alicyclic amines) is 1. The van der Waals surface area contributed by atoms with Crippen LogP contribution >= 0.6 is 0 Å². The first kappa shape index (κ1) is 13.3. The van der Waals surface area contributed by atoms with Crippen LogP contribution in [-0.4, -0.2) is 30.0 Å². The molecule has 0 amide bonds. The molecule has 0 spiro atoms. The second-order valence-electron chi connectivity index (χ2n) is 5.28. The van der Waals surface area contributed by atoms with Crippen molar-refractivity contribution in [3.63, 3.8) is 0 Å². The zero-order valence-electron chi connectivity index (χ0n) is 11.7. The SMILES string of the molecule is CCC1CCCN(Cc2ccnc(NC)c2)CC1. The van der Waals surface area contributed by atoms with Crippen molar-refractivity contribution in [2.24, 2.45) is 5.92 Å². The van der Waals surface area contributed by atoms with Gasteiger partial charge in [-0.2, -0.15) is 0 Å². The molecule has 3 nitrogen and oxygen atoms in total. The summed E-state index contributed by atoms with van der Waals surface area (Å²) >= 11 is 0. The van der Waals surface area contributed by atoms with Gasteiger partial charge >= 0.3 is 0 Å². The van der Waals surface area contributed by atoms with Crippen molar-refractivity contribution < 1.29 is 0 Å². The van der Waals surface area contributed by atoms with Crippen LogP contribution in [0.15, 0.2) is 18.3 Å². The third kappa shape index (κ3) is 3.70. The summed E-state index contributed by atoms with van der Waals surface area (Å²) < 4.78 is 0. The number of aromatic nitrogens is 1. The molecule has 100 valence electrons. The average Bonchev–Trinajstić information content (AvgIpc) is 2.64. The lowest BCUT2D eigenvalue weighted by Crippen LogP contribution is -2.24. The molecular formula is C15H25N3. The smallest absolute Gasteiger partial charge is 0.125 e. The van der Waals surface area contributed by atoms with E-state index in [0.29, 0.717) is 0 Å². The second kappa shape index (κ2) is 6.74. The summed E-state index contributed by atoms with van der Waals surface area (Å²) in [7, 11) is 1.92. The first-order valence-electron chi connectivity index (χ1n) is 7.17.